The summed E-state index contributed by atoms with van der Waals surface area (Å²) in [4.78, 5) is 18.3. The molecule has 156 valence electrons. The summed E-state index contributed by atoms with van der Waals surface area (Å²) in [5.74, 6) is -0.685. The number of thiophene rings is 2. The summed E-state index contributed by atoms with van der Waals surface area (Å²) in [6.07, 6.45) is 0. The summed E-state index contributed by atoms with van der Waals surface area (Å²) < 4.78 is 14.6. The van der Waals surface area contributed by atoms with E-state index in [0.717, 1.165) is 20.9 Å². The van der Waals surface area contributed by atoms with Gasteiger partial charge in [-0.1, -0.05) is 24.3 Å². The number of amides is 2. The Labute approximate surface area is 187 Å². The molecule has 0 saturated carbocycles. The summed E-state index contributed by atoms with van der Waals surface area (Å²) in [5.41, 5.74) is 10.7. The average molecular weight is 450 g/mol. The van der Waals surface area contributed by atoms with E-state index in [1.807, 2.05) is 30.5 Å². The van der Waals surface area contributed by atoms with Crippen LogP contribution in [0.4, 0.5) is 14.9 Å². The molecule has 2 aromatic heterocycles. The van der Waals surface area contributed by atoms with E-state index in [4.69, 9.17) is 5.73 Å². The lowest BCUT2D eigenvalue weighted by molar-refractivity contribution is 0.259. The van der Waals surface area contributed by atoms with E-state index >= 15 is 0 Å². The Morgan fingerprint density at radius 2 is 1.61 bits per heavy atom. The second-order valence-corrected chi connectivity index (χ2v) is 8.97. The molecule has 0 atom stereocenters. The van der Waals surface area contributed by atoms with Gasteiger partial charge in [0.2, 0.25) is 0 Å². The smallest absolute Gasteiger partial charge is 0.347 e. The van der Waals surface area contributed by atoms with Gasteiger partial charge in [-0.3, -0.25) is 0 Å². The van der Waals surface area contributed by atoms with Crippen molar-refractivity contribution in [3.05, 3.63) is 87.9 Å². The Bertz CT molecular complexity index is 1270. The van der Waals surface area contributed by atoms with Crippen LogP contribution in [-0.4, -0.2) is 11.9 Å². The fraction of sp³-hybridized carbons (Fsp3) is 0.0833. The Morgan fingerprint density at radius 1 is 0.968 bits per heavy atom. The van der Waals surface area contributed by atoms with E-state index < -0.39 is 11.8 Å². The van der Waals surface area contributed by atoms with E-state index in [1.165, 1.54) is 23.0 Å². The number of nitrogens with zero attached hydrogens (tertiary/aromatic N) is 1. The topological polar surface area (TPSA) is 67.5 Å². The van der Waals surface area contributed by atoms with Crippen molar-refractivity contribution in [1.82, 2.24) is 0 Å². The number of hydrogen-bond acceptors (Lipinski definition) is 3. The number of anilines is 1. The number of amidine groups is 1. The van der Waals surface area contributed by atoms with Crippen LogP contribution < -0.4 is 11.1 Å². The first-order valence-electron chi connectivity index (χ1n) is 9.56. The van der Waals surface area contributed by atoms with E-state index in [1.54, 1.807) is 35.6 Å². The van der Waals surface area contributed by atoms with Crippen molar-refractivity contribution in [3.63, 3.8) is 0 Å². The predicted octanol–water partition coefficient (Wildman–Crippen LogP) is 6.84. The number of carbonyl (C=O) groups is 1. The Hall–Kier alpha value is -3.29. The average Bonchev–Trinajstić information content (AvgIpc) is 3.36. The summed E-state index contributed by atoms with van der Waals surface area (Å²) in [5, 5.41) is 6.76. The fourth-order valence-electron chi connectivity index (χ4n) is 3.18. The van der Waals surface area contributed by atoms with Crippen LogP contribution in [-0.2, 0) is 0 Å². The second kappa shape index (κ2) is 8.83. The highest BCUT2D eigenvalue weighted by Gasteiger charge is 2.16. The van der Waals surface area contributed by atoms with E-state index in [-0.39, 0.29) is 11.4 Å². The molecule has 3 N–H and O–H groups in total. The summed E-state index contributed by atoms with van der Waals surface area (Å²) >= 11 is 3.16. The summed E-state index contributed by atoms with van der Waals surface area (Å²) in [6.45, 7) is 4.02. The Kier molecular flexibility index (Phi) is 5.97. The molecule has 0 saturated heterocycles. The van der Waals surface area contributed by atoms with Crippen molar-refractivity contribution in [2.75, 3.05) is 5.32 Å². The zero-order valence-electron chi connectivity index (χ0n) is 17.0. The van der Waals surface area contributed by atoms with Crippen LogP contribution in [0.5, 0.6) is 0 Å². The number of halogens is 1. The highest BCUT2D eigenvalue weighted by Crippen LogP contribution is 2.31. The zero-order valence-corrected chi connectivity index (χ0v) is 18.6. The molecule has 2 aromatic carbocycles. The van der Waals surface area contributed by atoms with Crippen LogP contribution in [0.25, 0.3) is 20.9 Å². The van der Waals surface area contributed by atoms with Gasteiger partial charge in [-0.25, -0.2) is 9.18 Å². The summed E-state index contributed by atoms with van der Waals surface area (Å²) in [7, 11) is 0. The van der Waals surface area contributed by atoms with Crippen LogP contribution in [0.15, 0.2) is 70.3 Å². The molecule has 0 unspecified atom stereocenters. The number of urea groups is 1. The maximum absolute atomic E-state index is 14.6. The number of nitrogens with one attached hydrogen (secondary N) is 1. The van der Waals surface area contributed by atoms with Crippen molar-refractivity contribution in [2.24, 2.45) is 10.7 Å². The zero-order chi connectivity index (χ0) is 22.0. The second-order valence-electron chi connectivity index (χ2n) is 7.14. The lowest BCUT2D eigenvalue weighted by atomic mass is 10.0. The predicted molar refractivity (Wildman–Crippen MR) is 129 cm³/mol. The van der Waals surface area contributed by atoms with Gasteiger partial charge < -0.3 is 11.1 Å². The molecule has 4 aromatic rings. The molecule has 31 heavy (non-hydrogen) atoms. The number of nitrogens with two attached hydrogens (primary N) is 1. The quantitative estimate of drug-likeness (QED) is 0.265. The maximum atomic E-state index is 14.6. The fourth-order valence-corrected chi connectivity index (χ4v) is 5.02. The highest BCUT2D eigenvalue weighted by atomic mass is 32.1. The minimum absolute atomic E-state index is 0.128. The molecule has 0 aliphatic rings. The van der Waals surface area contributed by atoms with Crippen molar-refractivity contribution in [1.29, 1.82) is 0 Å². The van der Waals surface area contributed by atoms with E-state index in [2.05, 4.69) is 28.7 Å². The lowest BCUT2D eigenvalue weighted by Gasteiger charge is -2.09. The van der Waals surface area contributed by atoms with Gasteiger partial charge in [-0.2, -0.15) is 4.99 Å². The van der Waals surface area contributed by atoms with E-state index in [9.17, 15) is 9.18 Å². The Morgan fingerprint density at radius 3 is 2.23 bits per heavy atom. The molecule has 4 nitrogen and oxygen atoms in total. The summed E-state index contributed by atoms with van der Waals surface area (Å²) in [6, 6.07) is 15.6. The molecular formula is C24H20FN3OS2. The maximum Gasteiger partial charge on any atom is 0.347 e. The van der Waals surface area contributed by atoms with Gasteiger partial charge in [0, 0.05) is 21.0 Å². The minimum Gasteiger partial charge on any atom is -0.383 e. The standard InChI is InChI=1S/C24H20FN3OS2/c1-14-10-20(30-12-14)16-6-8-17(9-7-16)27-24(29)28-23(26)22-18(4-3-5-19(22)25)21-11-15(2)13-31-21/h3-13H,1-2H3,(H3,26,27,28,29). The molecule has 0 aliphatic carbocycles. The first-order chi connectivity index (χ1) is 14.9. The number of hydrogen-bond donors (Lipinski definition) is 2. The van der Waals surface area contributed by atoms with Crippen LogP contribution in [0.3, 0.4) is 0 Å². The molecule has 7 heteroatoms. The van der Waals surface area contributed by atoms with Crippen molar-refractivity contribution < 1.29 is 9.18 Å². The van der Waals surface area contributed by atoms with Gasteiger partial charge in [-0.15, -0.1) is 22.7 Å². The van der Waals surface area contributed by atoms with E-state index in [0.29, 0.717) is 11.3 Å². The van der Waals surface area contributed by atoms with Crippen molar-refractivity contribution >= 4 is 40.2 Å². The van der Waals surface area contributed by atoms with Gasteiger partial charge in [0.05, 0.1) is 5.56 Å². The van der Waals surface area contributed by atoms with Crippen molar-refractivity contribution in [2.45, 2.75) is 13.8 Å². The third-order valence-corrected chi connectivity index (χ3v) is 6.82. The molecule has 0 bridgehead atoms. The number of benzene rings is 2. The molecule has 0 radical (unpaired) electrons. The normalized spacial score (nSPS) is 11.5. The lowest BCUT2D eigenvalue weighted by Crippen LogP contribution is -2.20. The van der Waals surface area contributed by atoms with Gasteiger partial charge in [0.15, 0.2) is 0 Å². The monoisotopic (exact) mass is 449 g/mol. The molecule has 0 aliphatic heterocycles. The molecule has 0 spiro atoms. The minimum atomic E-state index is -0.659. The molecule has 2 heterocycles. The molecule has 4 rings (SSSR count). The van der Waals surface area contributed by atoms with Crippen LogP contribution >= 0.6 is 22.7 Å². The number of aryl methyl sites for hydroxylation is 2. The molecule has 0 fully saturated rings. The Balaban J connectivity index is 1.55. The van der Waals surface area contributed by atoms with Crippen molar-refractivity contribution in [3.8, 4) is 20.9 Å². The van der Waals surface area contributed by atoms with Crippen LogP contribution in [0.2, 0.25) is 0 Å². The molecule has 2 amide bonds. The third-order valence-electron chi connectivity index (χ3n) is 4.64. The highest BCUT2D eigenvalue weighted by molar-refractivity contribution is 7.14. The number of rotatable bonds is 4. The van der Waals surface area contributed by atoms with Gasteiger partial charge in [-0.05, 0) is 71.6 Å². The first-order valence-corrected chi connectivity index (χ1v) is 11.3. The van der Waals surface area contributed by atoms with Crippen LogP contribution in [0.1, 0.15) is 16.7 Å². The van der Waals surface area contributed by atoms with Gasteiger partial charge in [0.1, 0.15) is 11.7 Å². The first kappa shape index (κ1) is 21.0. The third kappa shape index (κ3) is 4.73. The number of carbonyl (C=O) groups excluding carboxylic acids is 1. The van der Waals surface area contributed by atoms with Crippen LogP contribution in [0, 0.1) is 19.7 Å². The molecular weight excluding hydrogens is 429 g/mol. The number of aliphatic imine (C=N–C) groups is 1. The van der Waals surface area contributed by atoms with Gasteiger partial charge >= 0.3 is 6.03 Å². The SMILES string of the molecule is Cc1csc(-c2ccc(NC(=O)/N=C(\N)c3c(F)cccc3-c3cc(C)cs3)cc2)c1. The largest absolute Gasteiger partial charge is 0.383 e. The van der Waals surface area contributed by atoms with Gasteiger partial charge in [0.25, 0.3) is 0 Å².